The smallest absolute Gasteiger partial charge is 0.241 e. The maximum atomic E-state index is 5.18. The molecule has 124 valence electrons. The fourth-order valence-corrected chi connectivity index (χ4v) is 2.99. The molecule has 5 rings (SSSR count). The van der Waals surface area contributed by atoms with Crippen molar-refractivity contribution in [2.45, 2.75) is 0 Å². The Kier molecular flexibility index (Phi) is 3.31. The van der Waals surface area contributed by atoms with Gasteiger partial charge >= 0.3 is 0 Å². The van der Waals surface area contributed by atoms with Crippen LogP contribution >= 0.6 is 0 Å². The van der Waals surface area contributed by atoms with Crippen LogP contribution < -0.4 is 5.32 Å². The van der Waals surface area contributed by atoms with Crippen LogP contribution in [0.2, 0.25) is 0 Å². The first-order valence-electron chi connectivity index (χ1n) is 8.24. The van der Waals surface area contributed by atoms with Gasteiger partial charge in [-0.15, -0.1) is 5.10 Å². The highest BCUT2D eigenvalue weighted by Gasteiger charge is 2.18. The van der Waals surface area contributed by atoms with Gasteiger partial charge in [-0.25, -0.2) is 9.50 Å². The number of aromatic nitrogens is 5. The molecular weight excluding hydrogens is 316 g/mol. The van der Waals surface area contributed by atoms with Gasteiger partial charge in [0.25, 0.3) is 0 Å². The van der Waals surface area contributed by atoms with E-state index in [9.17, 15) is 0 Å². The lowest BCUT2D eigenvalue weighted by Crippen LogP contribution is -2.33. The minimum atomic E-state index is 0.554. The van der Waals surface area contributed by atoms with Crippen LogP contribution in [0.4, 0.5) is 5.95 Å². The molecule has 1 aliphatic heterocycles. The van der Waals surface area contributed by atoms with Crippen LogP contribution in [0.3, 0.4) is 0 Å². The molecule has 1 aromatic carbocycles. The van der Waals surface area contributed by atoms with Gasteiger partial charge in [0.2, 0.25) is 5.95 Å². The summed E-state index contributed by atoms with van der Waals surface area (Å²) < 4.78 is 7.03. The SMILES string of the molecule is c1cnc2cc(-c3ccn4nc(NCC5COC5)ncc34)ccc2n1. The molecule has 0 amide bonds. The van der Waals surface area contributed by atoms with Gasteiger partial charge in [-0.05, 0) is 23.8 Å². The summed E-state index contributed by atoms with van der Waals surface area (Å²) in [5.74, 6) is 1.18. The van der Waals surface area contributed by atoms with Gasteiger partial charge in [0.1, 0.15) is 0 Å². The quantitative estimate of drug-likeness (QED) is 0.618. The second kappa shape index (κ2) is 5.78. The van der Waals surface area contributed by atoms with E-state index in [0.717, 1.165) is 47.4 Å². The van der Waals surface area contributed by atoms with Crippen LogP contribution in [0, 0.1) is 5.92 Å². The molecule has 3 aromatic heterocycles. The first kappa shape index (κ1) is 14.3. The highest BCUT2D eigenvalue weighted by Crippen LogP contribution is 2.27. The average Bonchev–Trinajstić information content (AvgIpc) is 3.03. The number of fused-ring (bicyclic) bond motifs is 2. The normalized spacial score (nSPS) is 14.7. The lowest BCUT2D eigenvalue weighted by atomic mass is 10.1. The molecule has 0 saturated carbocycles. The van der Waals surface area contributed by atoms with E-state index < -0.39 is 0 Å². The Balaban J connectivity index is 1.48. The summed E-state index contributed by atoms with van der Waals surface area (Å²) in [7, 11) is 0. The fourth-order valence-electron chi connectivity index (χ4n) is 2.99. The molecule has 1 saturated heterocycles. The predicted octanol–water partition coefficient (Wildman–Crippen LogP) is 2.40. The molecule has 7 heteroatoms. The van der Waals surface area contributed by atoms with Crippen LogP contribution in [-0.4, -0.2) is 44.3 Å². The Morgan fingerprint density at radius 1 is 1.08 bits per heavy atom. The molecule has 0 aliphatic carbocycles. The van der Waals surface area contributed by atoms with Crippen molar-refractivity contribution >= 4 is 22.5 Å². The predicted molar refractivity (Wildman–Crippen MR) is 94.3 cm³/mol. The molecule has 0 spiro atoms. The number of benzene rings is 1. The molecule has 4 heterocycles. The zero-order valence-electron chi connectivity index (χ0n) is 13.5. The third-order valence-electron chi connectivity index (χ3n) is 4.45. The number of nitrogens with zero attached hydrogens (tertiary/aromatic N) is 5. The molecule has 25 heavy (non-hydrogen) atoms. The van der Waals surface area contributed by atoms with E-state index >= 15 is 0 Å². The zero-order valence-corrected chi connectivity index (χ0v) is 13.5. The number of hydrogen-bond donors (Lipinski definition) is 1. The van der Waals surface area contributed by atoms with Crippen LogP contribution in [-0.2, 0) is 4.74 Å². The standard InChI is InChI=1S/C18H16N6O/c1-2-15-16(20-5-4-19-15)7-13(1)14-3-6-24-17(14)9-22-18(23-24)21-8-12-10-25-11-12/h1-7,9,12H,8,10-11H2,(H,21,23). The lowest BCUT2D eigenvalue weighted by Gasteiger charge is -2.25. The second-order valence-electron chi connectivity index (χ2n) is 6.19. The van der Waals surface area contributed by atoms with Crippen LogP contribution in [0.15, 0.2) is 49.1 Å². The molecule has 0 bridgehead atoms. The topological polar surface area (TPSA) is 77.2 Å². The van der Waals surface area contributed by atoms with Crippen molar-refractivity contribution in [2.24, 2.45) is 5.92 Å². The lowest BCUT2D eigenvalue weighted by molar-refractivity contribution is -0.0249. The maximum absolute atomic E-state index is 5.18. The van der Waals surface area contributed by atoms with Crippen molar-refractivity contribution in [2.75, 3.05) is 25.1 Å². The molecule has 4 aromatic rings. The molecule has 1 fully saturated rings. The van der Waals surface area contributed by atoms with Crippen molar-refractivity contribution in [1.29, 1.82) is 0 Å². The van der Waals surface area contributed by atoms with Crippen LogP contribution in [0.1, 0.15) is 0 Å². The highest BCUT2D eigenvalue weighted by molar-refractivity contribution is 5.86. The highest BCUT2D eigenvalue weighted by atomic mass is 16.5. The van der Waals surface area contributed by atoms with Crippen molar-refractivity contribution in [3.63, 3.8) is 0 Å². The molecular formula is C18H16N6O. The summed E-state index contributed by atoms with van der Waals surface area (Å²) in [4.78, 5) is 13.1. The van der Waals surface area contributed by atoms with Crippen LogP contribution in [0.5, 0.6) is 0 Å². The third-order valence-corrected chi connectivity index (χ3v) is 4.45. The van der Waals surface area contributed by atoms with Crippen molar-refractivity contribution in [1.82, 2.24) is 24.6 Å². The number of hydrogen-bond acceptors (Lipinski definition) is 6. The van der Waals surface area contributed by atoms with Gasteiger partial charge in [0.05, 0.1) is 36.0 Å². The summed E-state index contributed by atoms with van der Waals surface area (Å²) in [5, 5.41) is 7.81. The van der Waals surface area contributed by atoms with Crippen molar-refractivity contribution in [3.8, 4) is 11.1 Å². The minimum Gasteiger partial charge on any atom is -0.381 e. The Morgan fingerprint density at radius 2 is 1.96 bits per heavy atom. The van der Waals surface area contributed by atoms with E-state index in [1.807, 2.05) is 35.1 Å². The van der Waals surface area contributed by atoms with E-state index in [2.05, 4.69) is 31.4 Å². The van der Waals surface area contributed by atoms with Gasteiger partial charge in [-0.3, -0.25) is 9.97 Å². The summed E-state index contributed by atoms with van der Waals surface area (Å²) in [6.45, 7) is 2.46. The van der Waals surface area contributed by atoms with Crippen molar-refractivity contribution < 1.29 is 4.74 Å². The fraction of sp³-hybridized carbons (Fsp3) is 0.222. The molecule has 1 aliphatic rings. The Labute approximate surface area is 143 Å². The first-order chi connectivity index (χ1) is 12.4. The summed E-state index contributed by atoms with van der Waals surface area (Å²) in [5.41, 5.74) is 4.87. The number of anilines is 1. The molecule has 1 N–H and O–H groups in total. The number of rotatable bonds is 4. The Hall–Kier alpha value is -3.06. The Morgan fingerprint density at radius 3 is 2.80 bits per heavy atom. The largest absolute Gasteiger partial charge is 0.381 e. The van der Waals surface area contributed by atoms with E-state index in [4.69, 9.17) is 4.74 Å². The van der Waals surface area contributed by atoms with E-state index in [1.165, 1.54) is 0 Å². The van der Waals surface area contributed by atoms with E-state index in [-0.39, 0.29) is 0 Å². The molecule has 0 unspecified atom stereocenters. The zero-order chi connectivity index (χ0) is 16.6. The minimum absolute atomic E-state index is 0.554. The van der Waals surface area contributed by atoms with Gasteiger partial charge in [0, 0.05) is 36.6 Å². The van der Waals surface area contributed by atoms with E-state index in [0.29, 0.717) is 11.9 Å². The van der Waals surface area contributed by atoms with Gasteiger partial charge in [0.15, 0.2) is 0 Å². The third kappa shape index (κ3) is 2.58. The molecule has 0 radical (unpaired) electrons. The second-order valence-corrected chi connectivity index (χ2v) is 6.19. The monoisotopic (exact) mass is 332 g/mol. The van der Waals surface area contributed by atoms with Gasteiger partial charge in [-0.2, -0.15) is 0 Å². The van der Waals surface area contributed by atoms with E-state index in [1.54, 1.807) is 12.4 Å². The summed E-state index contributed by atoms with van der Waals surface area (Å²) in [6, 6.07) is 8.12. The molecule has 0 atom stereocenters. The van der Waals surface area contributed by atoms with Gasteiger partial charge in [-0.1, -0.05) is 6.07 Å². The molecule has 7 nitrogen and oxygen atoms in total. The van der Waals surface area contributed by atoms with Crippen molar-refractivity contribution in [3.05, 3.63) is 49.1 Å². The Bertz CT molecular complexity index is 1060. The first-order valence-corrected chi connectivity index (χ1v) is 8.24. The average molecular weight is 332 g/mol. The van der Waals surface area contributed by atoms with Crippen LogP contribution in [0.25, 0.3) is 27.7 Å². The van der Waals surface area contributed by atoms with Gasteiger partial charge < -0.3 is 10.1 Å². The number of nitrogens with one attached hydrogen (secondary N) is 1. The summed E-state index contributed by atoms with van der Waals surface area (Å²) >= 11 is 0. The maximum Gasteiger partial charge on any atom is 0.241 e. The summed E-state index contributed by atoms with van der Waals surface area (Å²) in [6.07, 6.45) is 7.21. The number of ether oxygens (including phenoxy) is 1.